The van der Waals surface area contributed by atoms with Gasteiger partial charge in [0.25, 0.3) is 0 Å². The fourth-order valence-corrected chi connectivity index (χ4v) is 26.6. The van der Waals surface area contributed by atoms with Gasteiger partial charge in [0.15, 0.2) is 42.6 Å². The van der Waals surface area contributed by atoms with Crippen molar-refractivity contribution < 1.29 is 68.1 Å². The van der Waals surface area contributed by atoms with Crippen LogP contribution in [-0.2, 0) is 65.4 Å². The van der Waals surface area contributed by atoms with Gasteiger partial charge in [-0.25, -0.2) is 9.59 Å². The van der Waals surface area contributed by atoms with E-state index < -0.39 is 58.9 Å². The monoisotopic (exact) mass is 1760 g/mol. The highest BCUT2D eigenvalue weighted by molar-refractivity contribution is 7.97. The Balaban J connectivity index is 0.000000116. The molecule has 3 unspecified atom stereocenters. The summed E-state index contributed by atoms with van der Waals surface area (Å²) in [6.07, 6.45) is 10.8. The Hall–Kier alpha value is -13.0. The lowest BCUT2D eigenvalue weighted by molar-refractivity contribution is -0.315. The number of hydrogen-bond donors (Lipinski definition) is 1. The average molecular weight is 1760 g/mol. The number of carboxylic acids is 4. The molecule has 0 radical (unpaired) electrons. The van der Waals surface area contributed by atoms with Crippen LogP contribution in [-0.4, -0.2) is 65.3 Å². The summed E-state index contributed by atoms with van der Waals surface area (Å²) in [5, 5.41) is 45.3. The number of carbonyl (C=O) groups excluding carboxylic acids is 5. The Kier molecular flexibility index (Phi) is 26.2. The molecule has 658 valence electrons. The highest BCUT2D eigenvalue weighted by Crippen LogP contribution is 2.61. The molecule has 3 atom stereocenters. The molecule has 130 heavy (non-hydrogen) atoms. The standard InChI is InChI=1S/2C29H33O3S.C21H14O2.C18H14O4.C17H14O2/c2*1-4-29(17-11-12-18-29)32-27(30)21-31-28-22(2)19-26(20-23(28)3)33(24-13-7-5-8-14-24)25-15-9-6-10-16-25;22-20(23)21-16-10-4-1-7-13(16)19(14-8-2-5-11-17(14)21)15-9-3-6-12-18(15)21;19-17(20)15-13-9-5-1-2-6-10(9)14(16(15)18(21)22)12-8-4-3-7-11(12)13;18-17(19)15-9-14-10-5-1-3-7-12(10)16(15)13-8-4-2-6-11(13)14/h2*5-10,13-16,19-20H,4,11-12,17-18,21H2,1-3H3;1-12,19H,(H,22,23);1-8,13-16H,(H,19,20)(H,21,22);1-8,14-16H,9H2,(H,18,19)/q2*+1;;;/p-3. The van der Waals surface area contributed by atoms with E-state index in [2.05, 4.69) is 211 Å². The summed E-state index contributed by atoms with van der Waals surface area (Å²) in [5.41, 5.74) is 16.8. The van der Waals surface area contributed by atoms with Crippen LogP contribution in [0.1, 0.15) is 214 Å². The molecule has 2 saturated carbocycles. The number of benzene rings is 13. The first kappa shape index (κ1) is 89.0. The molecule has 0 saturated heterocycles. The van der Waals surface area contributed by atoms with Crippen LogP contribution in [0.25, 0.3) is 0 Å². The number of esters is 2. The molecular weight excluding hydrogens is 1660 g/mol. The number of hydrogen-bond acceptors (Lipinski definition) is 13. The minimum atomic E-state index is -1.29. The molecule has 0 spiro atoms. The summed E-state index contributed by atoms with van der Waals surface area (Å²) in [6, 6.07) is 106. The van der Waals surface area contributed by atoms with Gasteiger partial charge in [0, 0.05) is 77.6 Å². The van der Waals surface area contributed by atoms with Gasteiger partial charge in [-0.3, -0.25) is 4.79 Å². The molecule has 2 fully saturated rings. The molecule has 11 aliphatic rings. The van der Waals surface area contributed by atoms with Crippen molar-refractivity contribution in [3.05, 3.63) is 416 Å². The second kappa shape index (κ2) is 38.3. The SMILES string of the molecule is CCC1(OC(=O)COc2c(C)cc([S+](c3ccccc3)c3ccccc3)cc2C)CCCC1.CCC1(OC(=O)COc2c(C)cc([S+](c3ccccc3)c3ccccc3)cc2C)CCCC1.O=C([O-])C12c3ccccc3C(c3ccccc31)c1ccccc12.O=C([O-])C1C2c3ccccc3C(c3ccccc32)C1C(=O)O.O=C([O-])C1CC2c3ccccc3C1c1ccccc12. The third kappa shape index (κ3) is 17.1. The van der Waals surface area contributed by atoms with Crippen LogP contribution in [0.3, 0.4) is 0 Å². The Bertz CT molecular complexity index is 5780. The molecular formula is C114H105O14S2-. The van der Waals surface area contributed by atoms with Crippen molar-refractivity contribution in [3.8, 4) is 11.5 Å². The number of aliphatic carboxylic acids is 4. The summed E-state index contributed by atoms with van der Waals surface area (Å²) < 4.78 is 23.7. The van der Waals surface area contributed by atoms with E-state index in [1.54, 1.807) is 0 Å². The van der Waals surface area contributed by atoms with E-state index in [-0.39, 0.29) is 75.9 Å². The Morgan fingerprint density at radius 1 is 0.346 bits per heavy atom. The minimum absolute atomic E-state index is 0.0394. The maximum atomic E-state index is 12.6. The predicted molar refractivity (Wildman–Crippen MR) is 499 cm³/mol. The van der Waals surface area contributed by atoms with E-state index in [1.165, 1.54) is 51.6 Å². The van der Waals surface area contributed by atoms with Crippen molar-refractivity contribution in [3.63, 3.8) is 0 Å². The van der Waals surface area contributed by atoms with Gasteiger partial charge < -0.3 is 53.8 Å². The zero-order valence-electron chi connectivity index (χ0n) is 73.9. The lowest BCUT2D eigenvalue weighted by atomic mass is 9.53. The summed E-state index contributed by atoms with van der Waals surface area (Å²) in [6.45, 7) is 12.3. The van der Waals surface area contributed by atoms with Gasteiger partial charge in [0.1, 0.15) is 22.7 Å². The van der Waals surface area contributed by atoms with Crippen LogP contribution >= 0.6 is 0 Å². The Morgan fingerprint density at radius 2 is 0.623 bits per heavy atom. The van der Waals surface area contributed by atoms with Crippen molar-refractivity contribution in [1.29, 1.82) is 0 Å². The largest absolute Gasteiger partial charge is 0.550 e. The third-order valence-corrected chi connectivity index (χ3v) is 32.2. The zero-order chi connectivity index (χ0) is 90.5. The van der Waals surface area contributed by atoms with E-state index >= 15 is 0 Å². The van der Waals surface area contributed by atoms with E-state index in [1.807, 2.05) is 146 Å². The third-order valence-electron chi connectivity index (χ3n) is 27.8. The minimum Gasteiger partial charge on any atom is -0.550 e. The molecule has 24 rings (SSSR count). The van der Waals surface area contributed by atoms with Gasteiger partial charge in [-0.2, -0.15) is 0 Å². The fraction of sp³-hybridized carbons (Fsp3) is 0.263. The maximum absolute atomic E-state index is 12.6. The predicted octanol–water partition coefficient (Wildman–Crippen LogP) is 20.0. The summed E-state index contributed by atoms with van der Waals surface area (Å²) in [4.78, 5) is 80.2. The molecule has 1 N–H and O–H groups in total. The van der Waals surface area contributed by atoms with Crippen LogP contribution in [0, 0.1) is 45.4 Å². The second-order valence-corrected chi connectivity index (χ2v) is 39.3. The molecule has 13 aromatic carbocycles. The summed E-state index contributed by atoms with van der Waals surface area (Å²) in [5.74, 6) is -6.35. The fourth-order valence-electron chi connectivity index (χ4n) is 22.1. The first-order valence-electron chi connectivity index (χ1n) is 45.3. The average Bonchev–Trinajstić information content (AvgIpc) is 0.944. The van der Waals surface area contributed by atoms with E-state index in [0.717, 1.165) is 154 Å². The number of aryl methyl sites for hydroxylation is 4. The van der Waals surface area contributed by atoms with Gasteiger partial charge in [-0.1, -0.05) is 257 Å². The van der Waals surface area contributed by atoms with Gasteiger partial charge in [0.2, 0.25) is 0 Å². The molecule has 11 aliphatic carbocycles. The summed E-state index contributed by atoms with van der Waals surface area (Å²) >= 11 is 0. The van der Waals surface area contributed by atoms with Crippen molar-refractivity contribution in [2.75, 3.05) is 13.2 Å². The van der Waals surface area contributed by atoms with Crippen LogP contribution in [0.4, 0.5) is 0 Å². The van der Waals surface area contributed by atoms with Crippen molar-refractivity contribution in [1.82, 2.24) is 0 Å². The summed E-state index contributed by atoms with van der Waals surface area (Å²) in [7, 11) is -0.427. The molecule has 0 amide bonds. The first-order valence-corrected chi connectivity index (χ1v) is 47.7. The number of carboxylic acid groups (broad SMARTS) is 4. The molecule has 13 aromatic rings. The van der Waals surface area contributed by atoms with E-state index in [9.17, 15) is 49.2 Å². The highest BCUT2D eigenvalue weighted by Gasteiger charge is 2.55. The Labute approximate surface area is 766 Å². The van der Waals surface area contributed by atoms with Crippen LogP contribution in [0.5, 0.6) is 11.5 Å². The number of fused-ring (bicyclic) bond motifs is 2. The van der Waals surface area contributed by atoms with E-state index in [4.69, 9.17) is 18.9 Å². The number of rotatable bonds is 20. The second-order valence-electron chi connectivity index (χ2n) is 35.3. The Morgan fingerprint density at radius 3 is 0.908 bits per heavy atom. The van der Waals surface area contributed by atoms with Gasteiger partial charge in [-0.15, -0.1) is 0 Å². The van der Waals surface area contributed by atoms with Crippen molar-refractivity contribution >= 4 is 57.6 Å². The van der Waals surface area contributed by atoms with Crippen LogP contribution in [0.15, 0.2) is 345 Å². The zero-order valence-corrected chi connectivity index (χ0v) is 75.5. The number of ether oxygens (including phenoxy) is 4. The lowest BCUT2D eigenvalue weighted by Crippen LogP contribution is -2.53. The van der Waals surface area contributed by atoms with Gasteiger partial charge >= 0.3 is 17.9 Å². The highest BCUT2D eigenvalue weighted by atomic mass is 32.2. The molecule has 16 heteroatoms. The van der Waals surface area contributed by atoms with Gasteiger partial charge in [0.05, 0.1) is 39.1 Å². The molecule has 0 aromatic heterocycles. The van der Waals surface area contributed by atoms with Gasteiger partial charge in [-0.05, 0) is 247 Å². The number of carbonyl (C=O) groups is 6. The molecule has 0 heterocycles. The maximum Gasteiger partial charge on any atom is 0.344 e. The topological polar surface area (TPSA) is 229 Å². The smallest absolute Gasteiger partial charge is 0.344 e. The molecule has 0 aliphatic heterocycles. The van der Waals surface area contributed by atoms with Crippen LogP contribution < -0.4 is 24.8 Å². The van der Waals surface area contributed by atoms with Crippen molar-refractivity contribution in [2.45, 2.75) is 188 Å². The quantitative estimate of drug-likeness (QED) is 0.0553. The normalized spacial score (nSPS) is 20.2. The van der Waals surface area contributed by atoms with Crippen LogP contribution in [0.2, 0.25) is 0 Å². The lowest BCUT2D eigenvalue weighted by Gasteiger charge is -2.51. The van der Waals surface area contributed by atoms with E-state index in [0.29, 0.717) is 6.42 Å². The molecule has 6 bridgehead atoms. The first-order chi connectivity index (χ1) is 63.2. The van der Waals surface area contributed by atoms with Crippen molar-refractivity contribution in [2.24, 2.45) is 17.8 Å². The molecule has 14 nitrogen and oxygen atoms in total.